The molecule has 2 aliphatic rings. The van der Waals surface area contributed by atoms with Gasteiger partial charge in [0.1, 0.15) is 0 Å². The lowest BCUT2D eigenvalue weighted by Crippen LogP contribution is -2.60. The van der Waals surface area contributed by atoms with Crippen LogP contribution >= 0.6 is 0 Å². The Morgan fingerprint density at radius 2 is 1.26 bits per heavy atom. The molecule has 6 aromatic rings. The van der Waals surface area contributed by atoms with Crippen LogP contribution in [0.15, 0.2) is 97.1 Å². The van der Waals surface area contributed by atoms with E-state index >= 15 is 0 Å². The first kappa shape index (κ1) is 25.5. The Morgan fingerprint density at radius 1 is 0.571 bits per heavy atom. The van der Waals surface area contributed by atoms with Crippen molar-refractivity contribution in [2.24, 2.45) is 0 Å². The minimum atomic E-state index is 0.0466. The average molecular weight is 545 g/mol. The zero-order valence-corrected chi connectivity index (χ0v) is 25.7. The summed E-state index contributed by atoms with van der Waals surface area (Å²) in [5.41, 5.74) is 16.0. The molecular formula is C39H37BN2. The molecule has 5 aromatic carbocycles. The molecule has 0 atom stereocenters. The van der Waals surface area contributed by atoms with Crippen LogP contribution in [0.3, 0.4) is 0 Å². The van der Waals surface area contributed by atoms with Gasteiger partial charge in [-0.05, 0) is 87.2 Å². The molecule has 8 rings (SSSR count). The number of hydrogen-bond acceptors (Lipinski definition) is 1. The molecule has 1 aromatic heterocycles. The van der Waals surface area contributed by atoms with Crippen molar-refractivity contribution in [2.45, 2.75) is 59.3 Å². The van der Waals surface area contributed by atoms with E-state index in [0.717, 1.165) is 0 Å². The zero-order valence-electron chi connectivity index (χ0n) is 25.7. The van der Waals surface area contributed by atoms with Gasteiger partial charge in [0.15, 0.2) is 0 Å². The van der Waals surface area contributed by atoms with Crippen LogP contribution in [0.4, 0.5) is 17.1 Å². The second-order valence-electron chi connectivity index (χ2n) is 14.4. The Balaban J connectivity index is 1.53. The van der Waals surface area contributed by atoms with E-state index in [0.29, 0.717) is 0 Å². The Morgan fingerprint density at radius 3 is 2.05 bits per heavy atom. The highest BCUT2D eigenvalue weighted by Gasteiger charge is 2.42. The monoisotopic (exact) mass is 544 g/mol. The van der Waals surface area contributed by atoms with Gasteiger partial charge in [0.25, 0.3) is 6.71 Å². The summed E-state index contributed by atoms with van der Waals surface area (Å²) in [6, 6.07) is 37.1. The minimum absolute atomic E-state index is 0.0466. The third kappa shape index (κ3) is 3.46. The standard InChI is InChI=1S/C39H37BN2/c1-24-20-34-36-35(21-24)42-32-17-9-8-14-28(32)29-15-11-16-31(37(29)42)40(36)30-19-18-26(39(5,6)7)23-33(30)41(34)27-13-10-12-25(22-27)38(2,3)4/h8-23H,1-7H3. The number of benzene rings is 5. The molecule has 2 aliphatic heterocycles. The van der Waals surface area contributed by atoms with Crippen molar-refractivity contribution in [3.8, 4) is 5.69 Å². The van der Waals surface area contributed by atoms with Gasteiger partial charge in [-0.1, -0.05) is 102 Å². The Kier molecular flexibility index (Phi) is 5.10. The molecule has 206 valence electrons. The number of rotatable bonds is 1. The quantitative estimate of drug-likeness (QED) is 0.189. The molecular weight excluding hydrogens is 507 g/mol. The first-order chi connectivity index (χ1) is 20.0. The predicted molar refractivity (Wildman–Crippen MR) is 182 cm³/mol. The minimum Gasteiger partial charge on any atom is -0.311 e. The molecule has 3 heteroatoms. The summed E-state index contributed by atoms with van der Waals surface area (Å²) in [5.74, 6) is 0. The smallest absolute Gasteiger partial charge is 0.252 e. The highest BCUT2D eigenvalue weighted by Crippen LogP contribution is 2.43. The van der Waals surface area contributed by atoms with E-state index < -0.39 is 0 Å². The average Bonchev–Trinajstić information content (AvgIpc) is 3.29. The third-order valence-electron chi connectivity index (χ3n) is 9.51. The normalized spacial score (nSPS) is 14.0. The second kappa shape index (κ2) is 8.41. The number of anilines is 3. The fraction of sp³-hybridized carbons (Fsp3) is 0.231. The maximum absolute atomic E-state index is 2.55. The largest absolute Gasteiger partial charge is 0.311 e. The lowest BCUT2D eigenvalue weighted by atomic mass is 9.33. The molecule has 0 N–H and O–H groups in total. The van der Waals surface area contributed by atoms with Crippen LogP contribution in [0.5, 0.6) is 0 Å². The van der Waals surface area contributed by atoms with E-state index in [1.807, 2.05) is 0 Å². The first-order valence-corrected chi connectivity index (χ1v) is 15.2. The van der Waals surface area contributed by atoms with Crippen LogP contribution < -0.4 is 21.3 Å². The van der Waals surface area contributed by atoms with E-state index in [-0.39, 0.29) is 17.5 Å². The zero-order chi connectivity index (χ0) is 29.1. The number of fused-ring (bicyclic) bond motifs is 7. The summed E-state index contributed by atoms with van der Waals surface area (Å²) in [5, 5.41) is 2.66. The first-order valence-electron chi connectivity index (χ1n) is 15.2. The van der Waals surface area contributed by atoms with E-state index in [9.17, 15) is 0 Å². The van der Waals surface area contributed by atoms with Crippen molar-refractivity contribution >= 4 is 62.0 Å². The van der Waals surface area contributed by atoms with Crippen LogP contribution in [0, 0.1) is 6.92 Å². The second-order valence-corrected chi connectivity index (χ2v) is 14.4. The Bertz CT molecular complexity index is 2080. The molecule has 0 spiro atoms. The molecule has 0 bridgehead atoms. The van der Waals surface area contributed by atoms with Crippen LogP contribution in [0.25, 0.3) is 27.5 Å². The van der Waals surface area contributed by atoms with Crippen molar-refractivity contribution in [1.82, 2.24) is 4.57 Å². The highest BCUT2D eigenvalue weighted by atomic mass is 15.2. The van der Waals surface area contributed by atoms with Crippen LogP contribution in [-0.2, 0) is 10.8 Å². The Hall–Kier alpha value is -4.24. The van der Waals surface area contributed by atoms with Gasteiger partial charge >= 0.3 is 0 Å². The van der Waals surface area contributed by atoms with Crippen LogP contribution in [0.1, 0.15) is 58.2 Å². The molecule has 0 amide bonds. The van der Waals surface area contributed by atoms with Crippen molar-refractivity contribution in [3.05, 3.63) is 114 Å². The van der Waals surface area contributed by atoms with Gasteiger partial charge in [-0.15, -0.1) is 0 Å². The maximum atomic E-state index is 2.55. The molecule has 0 fully saturated rings. The number of nitrogens with zero attached hydrogens (tertiary/aromatic N) is 2. The summed E-state index contributed by atoms with van der Waals surface area (Å²) in [7, 11) is 0. The summed E-state index contributed by atoms with van der Waals surface area (Å²) < 4.78 is 2.54. The van der Waals surface area contributed by atoms with E-state index in [4.69, 9.17) is 0 Å². The van der Waals surface area contributed by atoms with E-state index in [1.165, 1.54) is 77.6 Å². The molecule has 3 heterocycles. The van der Waals surface area contributed by atoms with Crippen molar-refractivity contribution in [3.63, 3.8) is 0 Å². The third-order valence-corrected chi connectivity index (χ3v) is 9.51. The maximum Gasteiger partial charge on any atom is 0.252 e. The van der Waals surface area contributed by atoms with Crippen LogP contribution in [0.2, 0.25) is 0 Å². The molecule has 0 saturated carbocycles. The van der Waals surface area contributed by atoms with Gasteiger partial charge in [-0.25, -0.2) is 0 Å². The van der Waals surface area contributed by atoms with E-state index in [1.54, 1.807) is 0 Å². The predicted octanol–water partition coefficient (Wildman–Crippen LogP) is 8.30. The van der Waals surface area contributed by atoms with Gasteiger partial charge in [-0.3, -0.25) is 0 Å². The summed E-state index contributed by atoms with van der Waals surface area (Å²) in [6.07, 6.45) is 0. The molecule has 0 unspecified atom stereocenters. The van der Waals surface area contributed by atoms with Crippen molar-refractivity contribution in [2.75, 3.05) is 4.90 Å². The van der Waals surface area contributed by atoms with E-state index in [2.05, 4.69) is 155 Å². The Labute approximate surface area is 249 Å². The number of hydrogen-bond donors (Lipinski definition) is 0. The SMILES string of the molecule is Cc1cc2c3c(c1)-n1c4ccccc4c4cccc(c41)B3c1ccc(C(C)(C)C)cc1N2c1cccc(C(C)(C)C)c1. The molecule has 0 saturated heterocycles. The lowest BCUT2D eigenvalue weighted by molar-refractivity contribution is 0.590. The summed E-state index contributed by atoms with van der Waals surface area (Å²) in [4.78, 5) is 2.55. The van der Waals surface area contributed by atoms with Gasteiger partial charge in [0.2, 0.25) is 0 Å². The van der Waals surface area contributed by atoms with Gasteiger partial charge in [0.05, 0.1) is 5.52 Å². The number of aryl methyl sites for hydroxylation is 1. The lowest BCUT2D eigenvalue weighted by Gasteiger charge is -2.41. The highest BCUT2D eigenvalue weighted by molar-refractivity contribution is 7.00. The van der Waals surface area contributed by atoms with Gasteiger partial charge < -0.3 is 9.47 Å². The molecule has 0 radical (unpaired) electrons. The van der Waals surface area contributed by atoms with Crippen molar-refractivity contribution in [1.29, 1.82) is 0 Å². The molecule has 2 nitrogen and oxygen atoms in total. The summed E-state index contributed by atoms with van der Waals surface area (Å²) >= 11 is 0. The van der Waals surface area contributed by atoms with Crippen molar-refractivity contribution < 1.29 is 0 Å². The molecule has 0 aliphatic carbocycles. The van der Waals surface area contributed by atoms with Gasteiger partial charge in [0, 0.05) is 39.0 Å². The summed E-state index contributed by atoms with van der Waals surface area (Å²) in [6.45, 7) is 16.3. The van der Waals surface area contributed by atoms with Crippen LogP contribution in [-0.4, -0.2) is 11.3 Å². The molecule has 42 heavy (non-hydrogen) atoms. The topological polar surface area (TPSA) is 8.17 Å². The number of para-hydroxylation sites is 2. The number of aromatic nitrogens is 1. The van der Waals surface area contributed by atoms with Gasteiger partial charge in [-0.2, -0.15) is 0 Å². The fourth-order valence-corrected chi connectivity index (χ4v) is 7.40. The fourth-order valence-electron chi connectivity index (χ4n) is 7.40.